The van der Waals surface area contributed by atoms with Gasteiger partial charge in [0, 0.05) is 0 Å². The predicted octanol–water partition coefficient (Wildman–Crippen LogP) is 0.0216. The average Bonchev–Trinajstić information content (AvgIpc) is 2.40. The number of nitrogens with two attached hydrogens (primary N) is 1. The number of ether oxygens (including phenoxy) is 1. The zero-order valence-electron chi connectivity index (χ0n) is 11.2. The summed E-state index contributed by atoms with van der Waals surface area (Å²) in [7, 11) is 0. The Morgan fingerprint density at radius 2 is 2.29 bits per heavy atom. The third-order valence-corrected chi connectivity index (χ3v) is 2.08. The molecule has 17 heavy (non-hydrogen) atoms. The summed E-state index contributed by atoms with van der Waals surface area (Å²) in [5.41, 5.74) is 5.50. The molecule has 0 aliphatic rings. The number of aliphatic hydroxyl groups is 1. The summed E-state index contributed by atoms with van der Waals surface area (Å²) in [6.45, 7) is 1.64. The average molecular weight is 243 g/mol. The van der Waals surface area contributed by atoms with Gasteiger partial charge in [-0.1, -0.05) is 6.07 Å². The molecule has 0 heterocycles. The van der Waals surface area contributed by atoms with Crippen LogP contribution in [0.2, 0.25) is 0 Å². The zero-order chi connectivity index (χ0) is 14.6. The van der Waals surface area contributed by atoms with Crippen molar-refractivity contribution in [2.24, 2.45) is 5.73 Å². The summed E-state index contributed by atoms with van der Waals surface area (Å²) in [6, 6.07) is 1.74. The zero-order valence-corrected chi connectivity index (χ0v) is 9.21. The van der Waals surface area contributed by atoms with E-state index in [9.17, 15) is 15.0 Å². The number of phenols is 2. The molecule has 0 radical (unpaired) electrons. The largest absolute Gasteiger partial charge is 0.504 e. The standard InChI is InChI=1S/C11H15NO5/c1-2-17-11(16)9(12)10(15)6-3-4-7(13)8(14)5-6/h3-5,9-10,13-15H,2,12H2,1H3/t9-,10-/m0/s1/i10D,15D. The van der Waals surface area contributed by atoms with Crippen LogP contribution in [0.5, 0.6) is 11.5 Å². The highest BCUT2D eigenvalue weighted by molar-refractivity contribution is 5.76. The summed E-state index contributed by atoms with van der Waals surface area (Å²) >= 11 is 0. The fourth-order valence-electron chi connectivity index (χ4n) is 1.20. The van der Waals surface area contributed by atoms with Gasteiger partial charge in [-0.2, -0.15) is 0 Å². The van der Waals surface area contributed by atoms with E-state index in [0.29, 0.717) is 0 Å². The highest BCUT2D eigenvalue weighted by Gasteiger charge is 2.25. The molecule has 0 aliphatic heterocycles. The maximum absolute atomic E-state index is 11.5. The van der Waals surface area contributed by atoms with Crippen LogP contribution in [-0.2, 0) is 9.53 Å². The number of phenolic OH excluding ortho intramolecular Hbond substituents is 2. The number of esters is 1. The van der Waals surface area contributed by atoms with Crippen molar-refractivity contribution >= 4 is 5.97 Å². The van der Waals surface area contributed by atoms with Crippen LogP contribution in [0.4, 0.5) is 0 Å². The van der Waals surface area contributed by atoms with Gasteiger partial charge in [-0.25, -0.2) is 0 Å². The van der Waals surface area contributed by atoms with Crippen LogP contribution in [0.3, 0.4) is 0 Å². The van der Waals surface area contributed by atoms with Crippen molar-refractivity contribution in [2.45, 2.75) is 19.0 Å². The monoisotopic (exact) mass is 243 g/mol. The van der Waals surface area contributed by atoms with Gasteiger partial charge >= 0.3 is 5.97 Å². The van der Waals surface area contributed by atoms with Crippen molar-refractivity contribution in [2.75, 3.05) is 6.61 Å². The molecule has 94 valence electrons. The van der Waals surface area contributed by atoms with E-state index >= 15 is 0 Å². The second-order valence-corrected chi connectivity index (χ2v) is 3.30. The quantitative estimate of drug-likeness (QED) is 0.428. The molecule has 0 saturated heterocycles. The molecule has 0 fully saturated rings. The van der Waals surface area contributed by atoms with Crippen LogP contribution < -0.4 is 5.73 Å². The molecule has 1 aromatic rings. The molecule has 0 aromatic heterocycles. The number of carbonyl (C=O) groups is 1. The molecule has 2 atom stereocenters. The SMILES string of the molecule is [2H]O[C@@]([2H])(c1ccc(O)c(O)c1)[C@H](N)C(=O)OCC. The Balaban J connectivity index is 3.14. The minimum absolute atomic E-state index is 0.0571. The topological polar surface area (TPSA) is 113 Å². The second-order valence-electron chi connectivity index (χ2n) is 3.30. The van der Waals surface area contributed by atoms with Crippen LogP contribution in [0, 0.1) is 0 Å². The van der Waals surface area contributed by atoms with Gasteiger partial charge in [-0.3, -0.25) is 4.79 Å². The number of aromatic hydroxyl groups is 2. The molecule has 6 nitrogen and oxygen atoms in total. The molecule has 0 unspecified atom stereocenters. The van der Waals surface area contributed by atoms with Crippen molar-refractivity contribution in [3.63, 3.8) is 0 Å². The highest BCUT2D eigenvalue weighted by Crippen LogP contribution is 2.28. The van der Waals surface area contributed by atoms with Crippen molar-refractivity contribution in [3.05, 3.63) is 23.8 Å². The number of hydrogen-bond acceptors (Lipinski definition) is 6. The maximum Gasteiger partial charge on any atom is 0.325 e. The summed E-state index contributed by atoms with van der Waals surface area (Å²) in [4.78, 5) is 11.5. The number of rotatable bonds is 5. The van der Waals surface area contributed by atoms with E-state index in [0.717, 1.165) is 12.1 Å². The van der Waals surface area contributed by atoms with Gasteiger partial charge in [0.1, 0.15) is 12.1 Å². The van der Waals surface area contributed by atoms with Crippen molar-refractivity contribution in [3.8, 4) is 11.5 Å². The first-order chi connectivity index (χ1) is 8.86. The Morgan fingerprint density at radius 3 is 2.82 bits per heavy atom. The van der Waals surface area contributed by atoms with E-state index in [1.165, 1.54) is 6.07 Å². The van der Waals surface area contributed by atoms with Crippen LogP contribution in [0.1, 0.15) is 19.9 Å². The number of carbonyl (C=O) groups excluding carboxylic acids is 1. The molecule has 0 aliphatic carbocycles. The minimum Gasteiger partial charge on any atom is -0.504 e. The summed E-state index contributed by atoms with van der Waals surface area (Å²) in [5, 5.41) is 22.8. The van der Waals surface area contributed by atoms with Gasteiger partial charge < -0.3 is 25.8 Å². The van der Waals surface area contributed by atoms with Gasteiger partial charge in [-0.05, 0) is 24.6 Å². The molecule has 5 N–H and O–H groups in total. The lowest BCUT2D eigenvalue weighted by atomic mass is 10.0. The van der Waals surface area contributed by atoms with E-state index in [-0.39, 0.29) is 12.2 Å². The second kappa shape index (κ2) is 5.51. The van der Waals surface area contributed by atoms with Gasteiger partial charge in [0.2, 0.25) is 1.43 Å². The van der Waals surface area contributed by atoms with Gasteiger partial charge in [0.25, 0.3) is 0 Å². The maximum atomic E-state index is 11.5. The van der Waals surface area contributed by atoms with Crippen molar-refractivity contribution in [1.29, 1.82) is 1.43 Å². The van der Waals surface area contributed by atoms with Crippen molar-refractivity contribution in [1.82, 2.24) is 0 Å². The smallest absolute Gasteiger partial charge is 0.325 e. The molecule has 0 bridgehead atoms. The molecule has 1 rings (SSSR count). The third kappa shape index (κ3) is 3.08. The molecule has 0 amide bonds. The van der Waals surface area contributed by atoms with Crippen LogP contribution >= 0.6 is 0 Å². The Kier molecular flexibility index (Phi) is 3.36. The Bertz CT molecular complexity index is 470. The molecule has 0 saturated carbocycles. The first-order valence-corrected chi connectivity index (χ1v) is 4.95. The van der Waals surface area contributed by atoms with Crippen LogP contribution in [-0.4, -0.2) is 35.4 Å². The lowest BCUT2D eigenvalue weighted by molar-refractivity contribution is -0.147. The Morgan fingerprint density at radius 1 is 1.59 bits per heavy atom. The molecule has 6 heteroatoms. The predicted molar refractivity (Wildman–Crippen MR) is 59.3 cm³/mol. The fourth-order valence-corrected chi connectivity index (χ4v) is 1.20. The summed E-state index contributed by atoms with van der Waals surface area (Å²) in [5.74, 6) is -1.82. The van der Waals surface area contributed by atoms with Gasteiger partial charge in [0.15, 0.2) is 11.5 Å². The minimum atomic E-state index is -2.25. The van der Waals surface area contributed by atoms with Gasteiger partial charge in [0.05, 0.1) is 7.98 Å². The first kappa shape index (κ1) is 10.4. The fraction of sp³-hybridized carbons (Fsp3) is 0.364. The Labute approximate surface area is 101 Å². The molecule has 0 spiro atoms. The Hall–Kier alpha value is -1.79. The van der Waals surface area contributed by atoms with E-state index < -0.39 is 29.6 Å². The van der Waals surface area contributed by atoms with Crippen LogP contribution in [0.15, 0.2) is 18.2 Å². The van der Waals surface area contributed by atoms with Crippen molar-refractivity contribution < 1.29 is 26.2 Å². The lowest BCUT2D eigenvalue weighted by Gasteiger charge is -2.17. The highest BCUT2D eigenvalue weighted by atomic mass is 16.5. The third-order valence-electron chi connectivity index (χ3n) is 2.08. The van der Waals surface area contributed by atoms with E-state index in [4.69, 9.17) is 8.54 Å². The molecular formula is C11H15NO5. The van der Waals surface area contributed by atoms with E-state index in [1.807, 2.05) is 0 Å². The van der Waals surface area contributed by atoms with Gasteiger partial charge in [-0.15, -0.1) is 0 Å². The summed E-state index contributed by atoms with van der Waals surface area (Å²) in [6.07, 6.45) is -2.25. The normalized spacial score (nSPS) is 17.5. The van der Waals surface area contributed by atoms with E-state index in [2.05, 4.69) is 9.85 Å². The number of hydrogen-bond donors (Lipinski definition) is 4. The summed E-state index contributed by atoms with van der Waals surface area (Å²) < 4.78 is 19.6. The lowest BCUT2D eigenvalue weighted by Crippen LogP contribution is -2.38. The molecule has 1 aromatic carbocycles. The molecular weight excluding hydrogens is 226 g/mol. The number of benzene rings is 1. The van der Waals surface area contributed by atoms with E-state index in [1.54, 1.807) is 6.92 Å². The first-order valence-electron chi connectivity index (χ1n) is 5.86. The van der Waals surface area contributed by atoms with Crippen LogP contribution in [0.25, 0.3) is 0 Å².